The Balaban J connectivity index is 1.33. The second-order valence-electron chi connectivity index (χ2n) is 15.7. The number of aromatic nitrogens is 1. The maximum atomic E-state index is 11.9. The number of furan rings is 1. The zero-order chi connectivity index (χ0) is 41.1. The summed E-state index contributed by atoms with van der Waals surface area (Å²) >= 11 is 3.56. The molecule has 0 atom stereocenters. The van der Waals surface area contributed by atoms with Crippen LogP contribution < -0.4 is 0 Å². The zero-order valence-electron chi connectivity index (χ0n) is 32.8. The molecule has 4 aromatic heterocycles. The summed E-state index contributed by atoms with van der Waals surface area (Å²) in [5, 5.41) is 32.3. The smallest absolute Gasteiger partial charge is 0.136 e. The largest absolute Gasteiger partial charge is 0.456 e. The van der Waals surface area contributed by atoms with Gasteiger partial charge in [0.25, 0.3) is 0 Å². The van der Waals surface area contributed by atoms with Crippen molar-refractivity contribution in [3.05, 3.63) is 187 Å². The van der Waals surface area contributed by atoms with E-state index in [0.717, 1.165) is 91.7 Å². The maximum Gasteiger partial charge on any atom is 0.136 e. The van der Waals surface area contributed by atoms with Gasteiger partial charge in [-0.05, 0) is 41.0 Å². The normalized spacial score (nSPS) is 11.8. The summed E-state index contributed by atoms with van der Waals surface area (Å²) in [6.45, 7) is 0. The van der Waals surface area contributed by atoms with E-state index in [2.05, 4.69) is 138 Å². The Morgan fingerprint density at radius 1 is 0.403 bits per heavy atom. The lowest BCUT2D eigenvalue weighted by Crippen LogP contribution is -2.08. The van der Waals surface area contributed by atoms with Crippen molar-refractivity contribution in [3.8, 4) is 51.2 Å². The third-order valence-electron chi connectivity index (χ3n) is 12.5. The lowest BCUT2D eigenvalue weighted by molar-refractivity contribution is 0.669. The van der Waals surface area contributed by atoms with Crippen LogP contribution in [0.15, 0.2) is 180 Å². The van der Waals surface area contributed by atoms with Crippen molar-refractivity contribution in [3.63, 3.8) is 0 Å². The van der Waals surface area contributed by atoms with Crippen molar-refractivity contribution < 1.29 is 4.42 Å². The molecule has 0 aliphatic carbocycles. The van der Waals surface area contributed by atoms with Crippen LogP contribution in [0.4, 0.5) is 0 Å². The quantitative estimate of drug-likeness (QED) is 0.178. The number of benzene rings is 9. The van der Waals surface area contributed by atoms with E-state index in [-0.39, 0.29) is 0 Å². The van der Waals surface area contributed by atoms with Gasteiger partial charge >= 0.3 is 0 Å². The molecule has 0 unspecified atom stereocenters. The van der Waals surface area contributed by atoms with Crippen molar-refractivity contribution in [2.24, 2.45) is 0 Å². The minimum absolute atomic E-state index is 0.320. The van der Waals surface area contributed by atoms with Gasteiger partial charge in [0.2, 0.25) is 0 Å². The molecule has 286 valence electrons. The van der Waals surface area contributed by atoms with Crippen LogP contribution in [0, 0.1) is 22.7 Å². The van der Waals surface area contributed by atoms with E-state index in [0.29, 0.717) is 22.4 Å². The average molecular weight is 824 g/mol. The zero-order valence-corrected chi connectivity index (χ0v) is 34.4. The number of rotatable bonds is 4. The molecule has 13 aromatic rings. The fourth-order valence-corrected chi connectivity index (χ4v) is 12.5. The number of nitriles is 2. The second-order valence-corrected chi connectivity index (χ2v) is 17.8. The van der Waals surface area contributed by atoms with Crippen LogP contribution in [0.5, 0.6) is 0 Å². The molecule has 62 heavy (non-hydrogen) atoms. The molecular weight excluding hydrogens is 795 g/mol. The Morgan fingerprint density at radius 3 is 1.50 bits per heavy atom. The molecule has 6 heteroatoms. The molecule has 0 N–H and O–H groups in total. The molecule has 13 rings (SSSR count). The molecule has 0 spiro atoms. The van der Waals surface area contributed by atoms with E-state index < -0.39 is 0 Å². The van der Waals surface area contributed by atoms with Gasteiger partial charge < -0.3 is 8.98 Å². The van der Waals surface area contributed by atoms with Crippen LogP contribution in [0.25, 0.3) is 123 Å². The molecule has 0 bridgehead atoms. The van der Waals surface area contributed by atoms with Gasteiger partial charge in [-0.2, -0.15) is 10.5 Å². The highest BCUT2D eigenvalue weighted by atomic mass is 32.1. The van der Waals surface area contributed by atoms with Gasteiger partial charge in [-0.15, -0.1) is 22.7 Å². The number of hydrogen-bond acceptors (Lipinski definition) is 5. The molecule has 0 aliphatic rings. The standard InChI is InChI=1S/C56H29N3OS2/c57-30-42-43(31-58)52(49(33-16-5-2-6-17-33)48(32-14-3-1-4-15-32)51(42)41-21-13-23-45-50(41)40-20-7-10-22-44(40)60-45)59-53-36(26-28-38-34-18-8-11-24-46(34)61-55(38)53)37-27-29-39-35-19-9-12-25-47(35)62-56(39)54(37)59/h1-29H. The lowest BCUT2D eigenvalue weighted by atomic mass is 9.80. The van der Waals surface area contributed by atoms with Gasteiger partial charge in [-0.3, -0.25) is 0 Å². The number of para-hydroxylation sites is 1. The van der Waals surface area contributed by atoms with E-state index in [1.165, 1.54) is 20.2 Å². The molecule has 0 saturated carbocycles. The summed E-state index contributed by atoms with van der Waals surface area (Å²) < 4.78 is 13.5. The molecular formula is C56H29N3OS2. The fraction of sp³-hybridized carbons (Fsp3) is 0. The van der Waals surface area contributed by atoms with Crippen LogP contribution in [0.3, 0.4) is 0 Å². The topological polar surface area (TPSA) is 65.7 Å². The van der Waals surface area contributed by atoms with Crippen LogP contribution in [-0.2, 0) is 0 Å². The minimum atomic E-state index is 0.320. The average Bonchev–Trinajstić information content (AvgIpc) is 4.10. The molecule has 0 radical (unpaired) electrons. The van der Waals surface area contributed by atoms with E-state index in [9.17, 15) is 10.5 Å². The predicted molar refractivity (Wildman–Crippen MR) is 260 cm³/mol. The van der Waals surface area contributed by atoms with E-state index in [4.69, 9.17) is 4.42 Å². The second kappa shape index (κ2) is 13.3. The summed E-state index contributed by atoms with van der Waals surface area (Å²) in [7, 11) is 0. The van der Waals surface area contributed by atoms with Crippen molar-refractivity contribution in [2.75, 3.05) is 0 Å². The third-order valence-corrected chi connectivity index (χ3v) is 14.9. The molecule has 0 amide bonds. The van der Waals surface area contributed by atoms with Crippen molar-refractivity contribution in [1.29, 1.82) is 10.5 Å². The molecule has 0 fully saturated rings. The van der Waals surface area contributed by atoms with Gasteiger partial charge in [0.1, 0.15) is 23.3 Å². The Labute approximate surface area is 362 Å². The van der Waals surface area contributed by atoms with Gasteiger partial charge in [-0.25, -0.2) is 0 Å². The van der Waals surface area contributed by atoms with E-state index >= 15 is 0 Å². The lowest BCUT2D eigenvalue weighted by Gasteiger charge is -2.25. The first kappa shape index (κ1) is 34.8. The molecule has 4 heterocycles. The summed E-state index contributed by atoms with van der Waals surface area (Å²) in [6, 6.07) is 66.4. The Morgan fingerprint density at radius 2 is 0.903 bits per heavy atom. The molecule has 4 nitrogen and oxygen atoms in total. The summed E-state index contributed by atoms with van der Waals surface area (Å²) in [4.78, 5) is 0. The number of hydrogen-bond donors (Lipinski definition) is 0. The Hall–Kier alpha value is -8.00. The fourth-order valence-electron chi connectivity index (χ4n) is 9.98. The Bertz CT molecular complexity index is 3990. The SMILES string of the molecule is N#Cc1c(C#N)c(-n2c3c(ccc4c5ccccc5sc43)c3ccc4c5ccccc5sc4c32)c(-c2ccccc2)c(-c2ccccc2)c1-c1cccc2oc3ccccc3c12. The molecule has 9 aromatic carbocycles. The highest BCUT2D eigenvalue weighted by Crippen LogP contribution is 2.54. The summed E-state index contributed by atoms with van der Waals surface area (Å²) in [5.41, 5.74) is 10.0. The van der Waals surface area contributed by atoms with Crippen molar-refractivity contribution in [2.45, 2.75) is 0 Å². The molecule has 0 saturated heterocycles. The first-order chi connectivity index (χ1) is 30.7. The van der Waals surface area contributed by atoms with E-state index in [1.54, 1.807) is 22.7 Å². The van der Waals surface area contributed by atoms with Crippen molar-refractivity contribution in [1.82, 2.24) is 4.57 Å². The summed E-state index contributed by atoms with van der Waals surface area (Å²) in [6.07, 6.45) is 0. The van der Waals surface area contributed by atoms with Gasteiger partial charge in [0.15, 0.2) is 0 Å². The van der Waals surface area contributed by atoms with Gasteiger partial charge in [0.05, 0.1) is 37.2 Å². The first-order valence-electron chi connectivity index (χ1n) is 20.5. The van der Waals surface area contributed by atoms with Crippen LogP contribution in [0.1, 0.15) is 11.1 Å². The van der Waals surface area contributed by atoms with Crippen molar-refractivity contribution >= 4 is 107 Å². The number of thiophene rings is 2. The number of nitrogens with zero attached hydrogens (tertiary/aromatic N) is 3. The van der Waals surface area contributed by atoms with Crippen LogP contribution in [0.2, 0.25) is 0 Å². The highest BCUT2D eigenvalue weighted by Gasteiger charge is 2.32. The van der Waals surface area contributed by atoms with Crippen LogP contribution >= 0.6 is 22.7 Å². The first-order valence-corrected chi connectivity index (χ1v) is 22.1. The summed E-state index contributed by atoms with van der Waals surface area (Å²) in [5.74, 6) is 0. The van der Waals surface area contributed by atoms with E-state index in [1.807, 2.05) is 54.6 Å². The Kier molecular flexibility index (Phi) is 7.44. The highest BCUT2D eigenvalue weighted by molar-refractivity contribution is 7.27. The van der Waals surface area contributed by atoms with Crippen LogP contribution in [-0.4, -0.2) is 4.57 Å². The predicted octanol–water partition coefficient (Wildman–Crippen LogP) is 16.2. The molecule has 0 aliphatic heterocycles. The van der Waals surface area contributed by atoms with Gasteiger partial charge in [-0.1, -0.05) is 152 Å². The monoisotopic (exact) mass is 823 g/mol. The number of fused-ring (bicyclic) bond motifs is 14. The maximum absolute atomic E-state index is 11.9. The third kappa shape index (κ3) is 4.74. The van der Waals surface area contributed by atoms with Gasteiger partial charge in [0, 0.05) is 69.2 Å². The minimum Gasteiger partial charge on any atom is -0.456 e.